The third-order valence-corrected chi connectivity index (χ3v) is 3.93. The summed E-state index contributed by atoms with van der Waals surface area (Å²) in [5.41, 5.74) is 5.58. The Hall–Kier alpha value is -2.34. The molecule has 0 saturated heterocycles. The average molecular weight is 409 g/mol. The van der Waals surface area contributed by atoms with Gasteiger partial charge in [0.15, 0.2) is 0 Å². The fourth-order valence-corrected chi connectivity index (χ4v) is 2.44. The van der Waals surface area contributed by atoms with Gasteiger partial charge in [0.25, 0.3) is 0 Å². The zero-order valence-electron chi connectivity index (χ0n) is 20.2. The van der Waals surface area contributed by atoms with E-state index in [1.165, 1.54) is 22.3 Å². The van der Waals surface area contributed by atoms with Crippen molar-refractivity contribution in [2.75, 3.05) is 0 Å². The minimum atomic E-state index is 0. The van der Waals surface area contributed by atoms with Gasteiger partial charge in [-0.3, -0.25) is 0 Å². The number of aryl methyl sites for hydroxylation is 2. The number of hydrogen-bond donors (Lipinski definition) is 0. The lowest BCUT2D eigenvalue weighted by atomic mass is 10.0. The van der Waals surface area contributed by atoms with Gasteiger partial charge in [-0.05, 0) is 41.5 Å². The van der Waals surface area contributed by atoms with Crippen molar-refractivity contribution in [2.45, 2.75) is 82.1 Å². The van der Waals surface area contributed by atoms with Crippen molar-refractivity contribution in [1.29, 1.82) is 0 Å². The molecule has 0 saturated carbocycles. The molecule has 0 unspecified atom stereocenters. The zero-order valence-corrected chi connectivity index (χ0v) is 20.2. The Morgan fingerprint density at radius 3 is 1.00 bits per heavy atom. The highest BCUT2D eigenvalue weighted by Gasteiger charge is 1.95. The van der Waals surface area contributed by atoms with Crippen LogP contribution in [-0.4, -0.2) is 0 Å². The van der Waals surface area contributed by atoms with E-state index >= 15 is 0 Å². The quantitative estimate of drug-likeness (QED) is 0.403. The first-order valence-corrected chi connectivity index (χ1v) is 11.5. The Morgan fingerprint density at radius 1 is 0.400 bits per heavy atom. The highest BCUT2D eigenvalue weighted by atomic mass is 14.0. The molecule has 0 aliphatic heterocycles. The molecule has 168 valence electrons. The van der Waals surface area contributed by atoms with Crippen LogP contribution in [0.15, 0.2) is 84.9 Å². The van der Waals surface area contributed by atoms with Gasteiger partial charge in [-0.25, -0.2) is 0 Å². The summed E-state index contributed by atoms with van der Waals surface area (Å²) in [7, 11) is 0. The van der Waals surface area contributed by atoms with Crippen LogP contribution in [0.4, 0.5) is 0 Å². The fraction of sp³-hybridized carbons (Fsp3) is 0.400. The maximum absolute atomic E-state index is 2.23. The van der Waals surface area contributed by atoms with Crippen molar-refractivity contribution in [1.82, 2.24) is 0 Å². The summed E-state index contributed by atoms with van der Waals surface area (Å²) >= 11 is 0. The van der Waals surface area contributed by atoms with Crippen LogP contribution >= 0.6 is 0 Å². The van der Waals surface area contributed by atoms with Gasteiger partial charge in [0.05, 0.1) is 0 Å². The van der Waals surface area contributed by atoms with E-state index in [0.717, 1.165) is 19.3 Å². The molecule has 3 aromatic rings. The van der Waals surface area contributed by atoms with Gasteiger partial charge in [0.2, 0.25) is 0 Å². The summed E-state index contributed by atoms with van der Waals surface area (Å²) in [5.74, 6) is 0. The summed E-state index contributed by atoms with van der Waals surface area (Å²) < 4.78 is 0. The molecule has 0 spiro atoms. The molecule has 30 heavy (non-hydrogen) atoms. The van der Waals surface area contributed by atoms with Crippen molar-refractivity contribution in [2.24, 2.45) is 0 Å². The van der Waals surface area contributed by atoms with Crippen LogP contribution in [0.3, 0.4) is 0 Å². The van der Waals surface area contributed by atoms with Gasteiger partial charge < -0.3 is 0 Å². The van der Waals surface area contributed by atoms with Crippen molar-refractivity contribution in [3.05, 3.63) is 107 Å². The van der Waals surface area contributed by atoms with Crippen molar-refractivity contribution < 1.29 is 0 Å². The molecule has 3 aromatic carbocycles. The molecule has 0 heteroatoms. The van der Waals surface area contributed by atoms with E-state index in [1.54, 1.807) is 0 Å². The van der Waals surface area contributed by atoms with E-state index in [4.69, 9.17) is 0 Å². The minimum absolute atomic E-state index is 0. The third-order valence-electron chi connectivity index (χ3n) is 3.93. The van der Waals surface area contributed by atoms with E-state index in [9.17, 15) is 0 Å². The summed E-state index contributed by atoms with van der Waals surface area (Å²) in [6, 6.07) is 29.9. The van der Waals surface area contributed by atoms with Crippen LogP contribution < -0.4 is 0 Å². The first kappa shape index (κ1) is 32.3. The molecule has 0 aromatic heterocycles. The molecule has 0 aliphatic carbocycles. The van der Waals surface area contributed by atoms with Gasteiger partial charge in [0.1, 0.15) is 0 Å². The lowest BCUT2D eigenvalue weighted by molar-refractivity contribution is 1.12. The fourth-order valence-electron chi connectivity index (χ4n) is 2.44. The van der Waals surface area contributed by atoms with E-state index < -0.39 is 0 Å². The first-order chi connectivity index (χ1) is 14.3. The molecule has 3 rings (SSSR count). The summed E-state index contributed by atoms with van der Waals surface area (Å²) in [6.45, 7) is 16.3. The number of benzene rings is 3. The SMILES string of the molecule is C.CC.CC.CC.CCc1ccc(Cc2ccccc2)cc1.CCc1ccccc1. The highest BCUT2D eigenvalue weighted by molar-refractivity contribution is 5.28. The van der Waals surface area contributed by atoms with Gasteiger partial charge in [-0.2, -0.15) is 0 Å². The maximum Gasteiger partial charge on any atom is -0.00258 e. The third kappa shape index (κ3) is 15.6. The van der Waals surface area contributed by atoms with Crippen LogP contribution in [-0.2, 0) is 19.3 Å². The molecule has 0 fully saturated rings. The van der Waals surface area contributed by atoms with E-state index in [0.29, 0.717) is 0 Å². The van der Waals surface area contributed by atoms with Crippen LogP contribution in [0.1, 0.15) is 85.1 Å². The number of hydrogen-bond acceptors (Lipinski definition) is 0. The molecular weight excluding hydrogens is 360 g/mol. The van der Waals surface area contributed by atoms with Gasteiger partial charge >= 0.3 is 0 Å². The number of rotatable bonds is 4. The Bertz CT molecular complexity index is 651. The highest BCUT2D eigenvalue weighted by Crippen LogP contribution is 2.10. The smallest absolute Gasteiger partial charge is 0.00258 e. The molecular formula is C30H48. The molecule has 0 radical (unpaired) electrons. The van der Waals surface area contributed by atoms with Gasteiger partial charge in [-0.1, -0.05) is 148 Å². The molecule has 0 nitrogen and oxygen atoms in total. The Balaban J connectivity index is -0.000000415. The summed E-state index contributed by atoms with van der Waals surface area (Å²) in [6.07, 6.45) is 3.29. The molecule has 0 amide bonds. The largest absolute Gasteiger partial charge is 0.0776 e. The molecule has 0 aliphatic rings. The second-order valence-corrected chi connectivity index (χ2v) is 5.67. The molecule has 0 bridgehead atoms. The minimum Gasteiger partial charge on any atom is -0.0776 e. The van der Waals surface area contributed by atoms with Gasteiger partial charge in [-0.15, -0.1) is 0 Å². The predicted octanol–water partition coefficient (Wildman–Crippen LogP) is 9.80. The first-order valence-electron chi connectivity index (χ1n) is 11.5. The standard InChI is InChI=1S/C15H16.C8H10.3C2H6.CH4/c1-2-13-8-10-15(11-9-13)12-14-6-4-3-5-7-14;1-2-8-6-4-3-5-7-8;3*1-2;/h3-11H,2,12H2,1H3;3-7H,2H2,1H3;3*1-2H3;1H4. The second-order valence-electron chi connectivity index (χ2n) is 5.67. The molecule has 0 atom stereocenters. The molecule has 0 N–H and O–H groups in total. The average Bonchev–Trinajstić information content (AvgIpc) is 2.85. The van der Waals surface area contributed by atoms with Crippen molar-refractivity contribution in [3.8, 4) is 0 Å². The van der Waals surface area contributed by atoms with Crippen LogP contribution in [0.5, 0.6) is 0 Å². The summed E-state index contributed by atoms with van der Waals surface area (Å²) in [5, 5.41) is 0. The Kier molecular flexibility index (Phi) is 26.6. The lowest BCUT2D eigenvalue weighted by Gasteiger charge is -2.02. The Labute approximate surface area is 189 Å². The predicted molar refractivity (Wildman–Crippen MR) is 142 cm³/mol. The molecule has 0 heterocycles. The van der Waals surface area contributed by atoms with E-state index in [2.05, 4.69) is 92.7 Å². The summed E-state index contributed by atoms with van der Waals surface area (Å²) in [4.78, 5) is 0. The second kappa shape index (κ2) is 24.7. The topological polar surface area (TPSA) is 0 Å². The van der Waals surface area contributed by atoms with Crippen molar-refractivity contribution >= 4 is 0 Å². The maximum atomic E-state index is 2.23. The van der Waals surface area contributed by atoms with Gasteiger partial charge in [0, 0.05) is 0 Å². The van der Waals surface area contributed by atoms with E-state index in [1.807, 2.05) is 47.6 Å². The van der Waals surface area contributed by atoms with Crippen LogP contribution in [0, 0.1) is 0 Å². The van der Waals surface area contributed by atoms with Crippen LogP contribution in [0.25, 0.3) is 0 Å². The monoisotopic (exact) mass is 408 g/mol. The normalized spacial score (nSPS) is 8.13. The van der Waals surface area contributed by atoms with Crippen molar-refractivity contribution in [3.63, 3.8) is 0 Å². The van der Waals surface area contributed by atoms with E-state index in [-0.39, 0.29) is 7.43 Å². The Morgan fingerprint density at radius 2 is 0.667 bits per heavy atom. The lowest BCUT2D eigenvalue weighted by Crippen LogP contribution is -1.88. The zero-order chi connectivity index (χ0) is 22.3. The van der Waals surface area contributed by atoms with Crippen LogP contribution in [0.2, 0.25) is 0 Å².